The summed E-state index contributed by atoms with van der Waals surface area (Å²) in [5.41, 5.74) is 0.275. The summed E-state index contributed by atoms with van der Waals surface area (Å²) < 4.78 is 18.5. The molecule has 0 aromatic heterocycles. The molecule has 0 bridgehead atoms. The van der Waals surface area contributed by atoms with Gasteiger partial charge in [0.15, 0.2) is 0 Å². The van der Waals surface area contributed by atoms with E-state index < -0.39 is 22.4 Å². The van der Waals surface area contributed by atoms with Gasteiger partial charge in [-0.05, 0) is 49.2 Å². The van der Waals surface area contributed by atoms with E-state index in [1.54, 1.807) is 24.3 Å². The highest BCUT2D eigenvalue weighted by atomic mass is 32.9. The Morgan fingerprint density at radius 3 is 2.46 bits per heavy atom. The lowest BCUT2D eigenvalue weighted by Gasteiger charge is -2.34. The minimum absolute atomic E-state index is 0.0297. The van der Waals surface area contributed by atoms with E-state index in [4.69, 9.17) is 38.3 Å². The monoisotopic (exact) mass is 625 g/mol. The van der Waals surface area contributed by atoms with Crippen LogP contribution in [0.5, 0.6) is 11.5 Å². The third-order valence-electron chi connectivity index (χ3n) is 5.94. The number of carbonyl (C=O) groups excluding carboxylic acids is 3. The van der Waals surface area contributed by atoms with Crippen LogP contribution in [0.3, 0.4) is 0 Å². The number of unbranched alkanes of at least 4 members (excludes halogenated alkanes) is 1. The Labute approximate surface area is 248 Å². The third-order valence-corrected chi connectivity index (χ3v) is 10.9. The Morgan fingerprint density at radius 2 is 1.80 bits per heavy atom. The van der Waals surface area contributed by atoms with Gasteiger partial charge in [0.25, 0.3) is 5.09 Å². The number of thiol groups is 1. The van der Waals surface area contributed by atoms with Crippen molar-refractivity contribution in [3.05, 3.63) is 58.1 Å². The van der Waals surface area contributed by atoms with Crippen LogP contribution in [0, 0.1) is 10.1 Å². The van der Waals surface area contributed by atoms with Crippen LogP contribution < -0.4 is 20.1 Å². The molecule has 0 radical (unpaired) electrons. The number of carbonyl (C=O) groups is 3. The zero-order chi connectivity index (χ0) is 29.8. The fourth-order valence-electron chi connectivity index (χ4n) is 3.80. The maximum absolute atomic E-state index is 13.1. The van der Waals surface area contributed by atoms with Gasteiger partial charge in [0.2, 0.25) is 5.91 Å². The van der Waals surface area contributed by atoms with E-state index >= 15 is 0 Å². The molecule has 3 rings (SSSR count). The standard InChI is InChI=1S/C26H32N3O9PS2/c1-2-3-5-24(30)27-19-7-12-22(23(18-19)38-25(31)6-4-15-36-29(33)34)26(32)37-20-8-10-21(11-9-20)39(40,41)28-13-16-35-17-14-28/h7-12,18H,2-6,13-17H2,1H3,(H,27,30)(H,40,41). The van der Waals surface area contributed by atoms with E-state index in [0.717, 1.165) is 11.7 Å². The lowest BCUT2D eigenvalue weighted by Crippen LogP contribution is -2.35. The molecular formula is C26H32N3O9PS2. The molecule has 0 aliphatic carbocycles. The van der Waals surface area contributed by atoms with Gasteiger partial charge < -0.3 is 24.4 Å². The van der Waals surface area contributed by atoms with Crippen molar-refractivity contribution in [2.45, 2.75) is 39.0 Å². The van der Waals surface area contributed by atoms with Crippen LogP contribution in [-0.4, -0.2) is 60.5 Å². The first-order valence-electron chi connectivity index (χ1n) is 13.0. The molecule has 1 aliphatic rings. The van der Waals surface area contributed by atoms with Crippen molar-refractivity contribution in [1.29, 1.82) is 0 Å². The van der Waals surface area contributed by atoms with Gasteiger partial charge >= 0.3 is 11.9 Å². The predicted octanol–water partition coefficient (Wildman–Crippen LogP) is 4.13. The van der Waals surface area contributed by atoms with Crippen molar-refractivity contribution in [2.24, 2.45) is 0 Å². The van der Waals surface area contributed by atoms with Crippen molar-refractivity contribution >= 4 is 58.3 Å². The Balaban J connectivity index is 1.74. The minimum Gasteiger partial charge on any atom is -0.426 e. The average Bonchev–Trinajstić information content (AvgIpc) is 2.95. The maximum atomic E-state index is 13.1. The molecule has 1 heterocycles. The zero-order valence-corrected chi connectivity index (χ0v) is 25.1. The number of nitrogens with one attached hydrogen (secondary N) is 1. The van der Waals surface area contributed by atoms with Crippen molar-refractivity contribution in [2.75, 3.05) is 38.2 Å². The zero-order valence-electron chi connectivity index (χ0n) is 22.5. The van der Waals surface area contributed by atoms with Gasteiger partial charge in [-0.15, -0.1) is 22.4 Å². The summed E-state index contributed by atoms with van der Waals surface area (Å²) in [5.74, 6) is -1.64. The molecule has 1 unspecified atom stereocenters. The fourth-order valence-corrected chi connectivity index (χ4v) is 7.16. The van der Waals surface area contributed by atoms with Crippen molar-refractivity contribution in [3.63, 3.8) is 0 Å². The molecule has 1 fully saturated rings. The molecule has 15 heteroatoms. The van der Waals surface area contributed by atoms with Gasteiger partial charge in [-0.3, -0.25) is 14.3 Å². The Kier molecular flexibility index (Phi) is 12.5. The summed E-state index contributed by atoms with van der Waals surface area (Å²) in [7, 11) is 0. The van der Waals surface area contributed by atoms with Gasteiger partial charge in [0.1, 0.15) is 17.1 Å². The quantitative estimate of drug-likeness (QED) is 0.0594. The Bertz CT molecular complexity index is 1290. The molecule has 1 N–H and O–H groups in total. The van der Waals surface area contributed by atoms with E-state index in [-0.39, 0.29) is 42.4 Å². The smallest absolute Gasteiger partial charge is 0.347 e. The molecule has 0 spiro atoms. The molecule has 2 aromatic rings. The predicted molar refractivity (Wildman–Crippen MR) is 159 cm³/mol. The number of anilines is 1. The number of hydrogen-bond donors (Lipinski definition) is 2. The normalized spacial score (nSPS) is 14.9. The average molecular weight is 626 g/mol. The lowest BCUT2D eigenvalue weighted by atomic mass is 10.1. The molecule has 222 valence electrons. The Morgan fingerprint density at radius 1 is 1.10 bits per heavy atom. The first kappa shape index (κ1) is 32.5. The number of morpholine rings is 1. The number of ether oxygens (including phenoxy) is 3. The minimum atomic E-state index is -2.30. The van der Waals surface area contributed by atoms with Crippen LogP contribution >= 0.6 is 17.6 Å². The van der Waals surface area contributed by atoms with Crippen LogP contribution in [0.15, 0.2) is 42.5 Å². The second-order valence-corrected chi connectivity index (χ2v) is 15.3. The highest BCUT2D eigenvalue weighted by Gasteiger charge is 2.26. The van der Waals surface area contributed by atoms with Crippen LogP contribution in [-0.2, 0) is 31.0 Å². The van der Waals surface area contributed by atoms with Crippen molar-refractivity contribution in [1.82, 2.24) is 4.67 Å². The van der Waals surface area contributed by atoms with Crippen LogP contribution in [0.2, 0.25) is 0 Å². The summed E-state index contributed by atoms with van der Waals surface area (Å²) in [5, 5.41) is 10.6. The van der Waals surface area contributed by atoms with Gasteiger partial charge in [0.05, 0.1) is 25.2 Å². The molecular weight excluding hydrogens is 593 g/mol. The summed E-state index contributed by atoms with van der Waals surface area (Å²) in [4.78, 5) is 52.2. The van der Waals surface area contributed by atoms with Gasteiger partial charge in [-0.2, -0.15) is 0 Å². The van der Waals surface area contributed by atoms with Crippen molar-refractivity contribution in [3.8, 4) is 11.5 Å². The van der Waals surface area contributed by atoms with E-state index in [9.17, 15) is 24.5 Å². The summed E-state index contributed by atoms with van der Waals surface area (Å²) in [6.07, 6.45) is 1.70. The molecule has 1 atom stereocenters. The SMILES string of the molecule is CCCCC(=O)Nc1ccc(C(=O)Oc2ccc(P(=S)(S)N3CCOCC3)cc2)c(OC(=O)CCCO[N+](=O)[O-])c1. The van der Waals surface area contributed by atoms with Crippen LogP contribution in [0.25, 0.3) is 0 Å². The molecule has 1 amide bonds. The largest absolute Gasteiger partial charge is 0.426 e. The number of esters is 2. The number of rotatable bonds is 14. The van der Waals surface area contributed by atoms with Crippen LogP contribution in [0.4, 0.5) is 5.69 Å². The number of hydrogen-bond acceptors (Lipinski definition) is 10. The van der Waals surface area contributed by atoms with E-state index in [2.05, 4.69) is 14.8 Å². The third kappa shape index (κ3) is 10.1. The lowest BCUT2D eigenvalue weighted by molar-refractivity contribution is -0.757. The fraction of sp³-hybridized carbons (Fsp3) is 0.423. The Hall–Kier alpha value is -3.03. The summed E-state index contributed by atoms with van der Waals surface area (Å²) in [6, 6.07) is 11.0. The summed E-state index contributed by atoms with van der Waals surface area (Å²) in [6.45, 7) is 4.25. The molecule has 2 aromatic carbocycles. The summed E-state index contributed by atoms with van der Waals surface area (Å²) >= 11 is 10.6. The second kappa shape index (κ2) is 15.8. The molecule has 0 saturated carbocycles. The molecule has 1 aliphatic heterocycles. The maximum Gasteiger partial charge on any atom is 0.347 e. The number of benzene rings is 2. The van der Waals surface area contributed by atoms with E-state index in [0.29, 0.717) is 44.8 Å². The van der Waals surface area contributed by atoms with E-state index in [1.165, 1.54) is 18.2 Å². The first-order chi connectivity index (χ1) is 19.6. The molecule has 12 nitrogen and oxygen atoms in total. The highest BCUT2D eigenvalue weighted by molar-refractivity contribution is 8.65. The van der Waals surface area contributed by atoms with Gasteiger partial charge in [-0.1, -0.05) is 25.2 Å². The molecule has 1 saturated heterocycles. The van der Waals surface area contributed by atoms with E-state index in [1.807, 2.05) is 6.92 Å². The number of amides is 1. The first-order valence-corrected chi connectivity index (χ1v) is 16.9. The van der Waals surface area contributed by atoms with Crippen molar-refractivity contribution < 1.29 is 38.5 Å². The van der Waals surface area contributed by atoms with Crippen LogP contribution in [0.1, 0.15) is 49.4 Å². The number of nitrogens with zero attached hydrogens (tertiary/aromatic N) is 2. The highest BCUT2D eigenvalue weighted by Crippen LogP contribution is 2.53. The van der Waals surface area contributed by atoms with Gasteiger partial charge in [-0.25, -0.2) is 4.79 Å². The topological polar surface area (TPSA) is 147 Å². The molecule has 41 heavy (non-hydrogen) atoms. The second-order valence-electron chi connectivity index (χ2n) is 8.99. The van der Waals surface area contributed by atoms with Gasteiger partial charge in [0, 0.05) is 43.0 Å².